The van der Waals surface area contributed by atoms with Gasteiger partial charge in [0.2, 0.25) is 0 Å². The number of ether oxygens (including phenoxy) is 1. The van der Waals surface area contributed by atoms with Crippen molar-refractivity contribution in [1.82, 2.24) is 10.2 Å². The van der Waals surface area contributed by atoms with E-state index in [1.165, 1.54) is 0 Å². The number of carbonyl (C=O) groups excluding carboxylic acids is 1. The van der Waals surface area contributed by atoms with Gasteiger partial charge in [-0.25, -0.2) is 4.79 Å². The van der Waals surface area contributed by atoms with Crippen LogP contribution in [0.1, 0.15) is 11.7 Å². The van der Waals surface area contributed by atoms with E-state index in [1.807, 2.05) is 59.5 Å². The zero-order chi connectivity index (χ0) is 18.4. The van der Waals surface area contributed by atoms with Gasteiger partial charge in [-0.2, -0.15) is 0 Å². The van der Waals surface area contributed by atoms with Crippen molar-refractivity contribution in [2.75, 3.05) is 44.7 Å². The largest absolute Gasteiger partial charge is 0.375 e. The summed E-state index contributed by atoms with van der Waals surface area (Å²) < 4.78 is 5.51. The van der Waals surface area contributed by atoms with Crippen molar-refractivity contribution in [3.8, 4) is 0 Å². The molecule has 1 fully saturated rings. The molecule has 0 bridgehead atoms. The quantitative estimate of drug-likeness (QED) is 0.871. The molecule has 1 saturated heterocycles. The van der Waals surface area contributed by atoms with Gasteiger partial charge in [0, 0.05) is 50.5 Å². The van der Waals surface area contributed by atoms with E-state index in [0.717, 1.165) is 29.4 Å². The molecule has 2 aromatic carbocycles. The number of halogens is 1. The van der Waals surface area contributed by atoms with Gasteiger partial charge in [-0.05, 0) is 23.8 Å². The monoisotopic (exact) mass is 373 g/mol. The van der Waals surface area contributed by atoms with E-state index in [2.05, 4.69) is 10.2 Å². The highest BCUT2D eigenvalue weighted by Gasteiger charge is 2.22. The number of piperazine rings is 1. The Bertz CT molecular complexity index is 718. The van der Waals surface area contributed by atoms with Crippen LogP contribution in [0.3, 0.4) is 0 Å². The van der Waals surface area contributed by atoms with E-state index < -0.39 is 0 Å². The lowest BCUT2D eigenvalue weighted by molar-refractivity contribution is 0.101. The molecule has 3 rings (SSSR count). The zero-order valence-corrected chi connectivity index (χ0v) is 15.7. The van der Waals surface area contributed by atoms with E-state index in [4.69, 9.17) is 16.3 Å². The van der Waals surface area contributed by atoms with E-state index >= 15 is 0 Å². The lowest BCUT2D eigenvalue weighted by Crippen LogP contribution is -2.52. The van der Waals surface area contributed by atoms with Crippen LogP contribution >= 0.6 is 11.6 Å². The Morgan fingerprint density at radius 3 is 2.50 bits per heavy atom. The summed E-state index contributed by atoms with van der Waals surface area (Å²) in [6, 6.07) is 17.7. The molecule has 2 aromatic rings. The second kappa shape index (κ2) is 8.92. The van der Waals surface area contributed by atoms with Crippen molar-refractivity contribution in [1.29, 1.82) is 0 Å². The number of amides is 2. The predicted octanol–water partition coefficient (Wildman–Crippen LogP) is 3.56. The molecule has 2 amide bonds. The molecule has 1 N–H and O–H groups in total. The number of nitrogens with zero attached hydrogens (tertiary/aromatic N) is 2. The Morgan fingerprint density at radius 2 is 1.85 bits per heavy atom. The fourth-order valence-electron chi connectivity index (χ4n) is 3.14. The number of rotatable bonds is 5. The van der Waals surface area contributed by atoms with Crippen molar-refractivity contribution in [2.24, 2.45) is 0 Å². The molecule has 26 heavy (non-hydrogen) atoms. The zero-order valence-electron chi connectivity index (χ0n) is 14.9. The summed E-state index contributed by atoms with van der Waals surface area (Å²) in [5, 5.41) is 3.72. The molecule has 0 radical (unpaired) electrons. The highest BCUT2D eigenvalue weighted by Crippen LogP contribution is 2.21. The fraction of sp³-hybridized carbons (Fsp3) is 0.350. The highest BCUT2D eigenvalue weighted by atomic mass is 35.5. The van der Waals surface area contributed by atoms with Gasteiger partial charge >= 0.3 is 6.03 Å². The smallest absolute Gasteiger partial charge is 0.317 e. The number of hydrogen-bond acceptors (Lipinski definition) is 3. The Morgan fingerprint density at radius 1 is 1.12 bits per heavy atom. The maximum atomic E-state index is 12.5. The molecule has 138 valence electrons. The first-order chi connectivity index (χ1) is 12.7. The molecule has 1 unspecified atom stereocenters. The van der Waals surface area contributed by atoms with Gasteiger partial charge in [-0.15, -0.1) is 0 Å². The minimum atomic E-state index is -0.145. The first kappa shape index (κ1) is 18.5. The minimum absolute atomic E-state index is 0.0475. The number of anilines is 1. The Hall–Kier alpha value is -2.24. The van der Waals surface area contributed by atoms with Crippen LogP contribution in [0.15, 0.2) is 54.6 Å². The summed E-state index contributed by atoms with van der Waals surface area (Å²) in [6.07, 6.45) is -0.145. The summed E-state index contributed by atoms with van der Waals surface area (Å²) >= 11 is 6.07. The Labute approximate surface area is 159 Å². The maximum absolute atomic E-state index is 12.5. The van der Waals surface area contributed by atoms with Crippen molar-refractivity contribution < 1.29 is 9.53 Å². The topological polar surface area (TPSA) is 44.8 Å². The third-order valence-electron chi connectivity index (χ3n) is 4.63. The Balaban J connectivity index is 1.49. The van der Waals surface area contributed by atoms with E-state index in [9.17, 15) is 4.79 Å². The SMILES string of the molecule is COC(CNC(=O)N1CCN(c2cccc(Cl)c2)CC1)c1ccccc1. The van der Waals surface area contributed by atoms with Gasteiger partial charge < -0.3 is 19.9 Å². The van der Waals surface area contributed by atoms with E-state index in [0.29, 0.717) is 19.6 Å². The van der Waals surface area contributed by atoms with Crippen molar-refractivity contribution in [3.05, 3.63) is 65.2 Å². The molecule has 1 heterocycles. The second-order valence-corrected chi connectivity index (χ2v) is 6.71. The number of nitrogens with one attached hydrogen (secondary N) is 1. The molecular weight excluding hydrogens is 350 g/mol. The molecular formula is C20H24ClN3O2. The molecule has 1 atom stereocenters. The van der Waals surface area contributed by atoms with Crippen LogP contribution in [-0.4, -0.2) is 50.8 Å². The summed E-state index contributed by atoms with van der Waals surface area (Å²) in [5.41, 5.74) is 2.15. The number of hydrogen-bond donors (Lipinski definition) is 1. The molecule has 0 aromatic heterocycles. The standard InChI is InChI=1S/C20H24ClN3O2/c1-26-19(16-6-3-2-4-7-16)15-22-20(25)24-12-10-23(11-13-24)18-9-5-8-17(21)14-18/h2-9,14,19H,10-13,15H2,1H3,(H,22,25). The molecule has 0 aliphatic carbocycles. The average Bonchev–Trinajstić information content (AvgIpc) is 2.69. The van der Waals surface area contributed by atoms with Gasteiger partial charge in [-0.3, -0.25) is 0 Å². The fourth-order valence-corrected chi connectivity index (χ4v) is 3.32. The van der Waals surface area contributed by atoms with Gasteiger partial charge in [-0.1, -0.05) is 48.0 Å². The van der Waals surface area contributed by atoms with Crippen LogP contribution < -0.4 is 10.2 Å². The summed E-state index contributed by atoms with van der Waals surface area (Å²) in [4.78, 5) is 16.6. The number of urea groups is 1. The highest BCUT2D eigenvalue weighted by molar-refractivity contribution is 6.30. The van der Waals surface area contributed by atoms with Crippen LogP contribution in [0, 0.1) is 0 Å². The summed E-state index contributed by atoms with van der Waals surface area (Å²) in [6.45, 7) is 3.40. The number of carbonyl (C=O) groups is 1. The van der Waals surface area contributed by atoms with Crippen molar-refractivity contribution in [3.63, 3.8) is 0 Å². The third kappa shape index (κ3) is 4.68. The van der Waals surface area contributed by atoms with Gasteiger partial charge in [0.15, 0.2) is 0 Å². The lowest BCUT2D eigenvalue weighted by Gasteiger charge is -2.36. The van der Waals surface area contributed by atoms with Gasteiger partial charge in [0.25, 0.3) is 0 Å². The van der Waals surface area contributed by atoms with Crippen LogP contribution in [0.5, 0.6) is 0 Å². The first-order valence-corrected chi connectivity index (χ1v) is 9.16. The Kier molecular flexibility index (Phi) is 6.36. The van der Waals surface area contributed by atoms with Crippen LogP contribution in [0.2, 0.25) is 5.02 Å². The minimum Gasteiger partial charge on any atom is -0.375 e. The molecule has 1 aliphatic heterocycles. The number of methoxy groups -OCH3 is 1. The molecule has 6 heteroatoms. The van der Waals surface area contributed by atoms with Crippen LogP contribution in [0.4, 0.5) is 10.5 Å². The number of benzene rings is 2. The van der Waals surface area contributed by atoms with Gasteiger partial charge in [0.1, 0.15) is 0 Å². The van der Waals surface area contributed by atoms with Gasteiger partial charge in [0.05, 0.1) is 6.10 Å². The molecule has 0 spiro atoms. The third-order valence-corrected chi connectivity index (χ3v) is 4.87. The maximum Gasteiger partial charge on any atom is 0.317 e. The molecule has 1 aliphatic rings. The summed E-state index contributed by atoms with van der Waals surface area (Å²) in [7, 11) is 1.66. The normalized spacial score (nSPS) is 15.6. The van der Waals surface area contributed by atoms with E-state index in [1.54, 1.807) is 7.11 Å². The van der Waals surface area contributed by atoms with Crippen LogP contribution in [0.25, 0.3) is 0 Å². The summed E-state index contributed by atoms with van der Waals surface area (Å²) in [5.74, 6) is 0. The van der Waals surface area contributed by atoms with Crippen molar-refractivity contribution >= 4 is 23.3 Å². The lowest BCUT2D eigenvalue weighted by atomic mass is 10.1. The molecule has 0 saturated carbocycles. The second-order valence-electron chi connectivity index (χ2n) is 6.28. The first-order valence-electron chi connectivity index (χ1n) is 8.78. The van der Waals surface area contributed by atoms with Crippen molar-refractivity contribution in [2.45, 2.75) is 6.10 Å². The van der Waals surface area contributed by atoms with Crippen LogP contribution in [-0.2, 0) is 4.74 Å². The van der Waals surface area contributed by atoms with E-state index in [-0.39, 0.29) is 12.1 Å². The molecule has 5 nitrogen and oxygen atoms in total. The predicted molar refractivity (Wildman–Crippen MR) is 105 cm³/mol. The average molecular weight is 374 g/mol.